The molecule has 0 amide bonds. The van der Waals surface area contributed by atoms with Gasteiger partial charge in [0.2, 0.25) is 0 Å². The first-order valence-electron chi connectivity index (χ1n) is 9.79. The summed E-state index contributed by atoms with van der Waals surface area (Å²) in [7, 11) is 0. The van der Waals surface area contributed by atoms with Crippen LogP contribution in [0.4, 0.5) is 0 Å². The first-order chi connectivity index (χ1) is 13.0. The van der Waals surface area contributed by atoms with Crippen LogP contribution < -0.4 is 0 Å². The zero-order valence-electron chi connectivity index (χ0n) is 15.7. The van der Waals surface area contributed by atoms with Crippen LogP contribution in [0.3, 0.4) is 0 Å². The van der Waals surface area contributed by atoms with Gasteiger partial charge in [-0.05, 0) is 37.3 Å². The maximum atomic E-state index is 6.63. The summed E-state index contributed by atoms with van der Waals surface area (Å²) in [6, 6.07) is 3.86. The van der Waals surface area contributed by atoms with E-state index in [9.17, 15) is 0 Å². The maximum absolute atomic E-state index is 6.63. The van der Waals surface area contributed by atoms with Crippen molar-refractivity contribution in [1.29, 1.82) is 0 Å². The molecule has 2 aromatic heterocycles. The molecule has 0 aromatic carbocycles. The third kappa shape index (κ3) is 2.55. The van der Waals surface area contributed by atoms with E-state index < -0.39 is 5.79 Å². The number of ether oxygens (including phenoxy) is 2. The first-order valence-corrected chi connectivity index (χ1v) is 10.2. The molecule has 0 bridgehead atoms. The number of aromatic nitrogens is 3. The molecule has 2 aromatic rings. The van der Waals surface area contributed by atoms with Crippen molar-refractivity contribution in [3.05, 3.63) is 40.9 Å². The molecule has 0 unspecified atom stereocenters. The normalized spacial score (nSPS) is 31.5. The second-order valence-corrected chi connectivity index (χ2v) is 8.62. The van der Waals surface area contributed by atoms with Crippen molar-refractivity contribution in [2.24, 2.45) is 11.8 Å². The average molecular weight is 386 g/mol. The van der Waals surface area contributed by atoms with Gasteiger partial charge in [0.15, 0.2) is 11.6 Å². The Morgan fingerprint density at radius 1 is 1.11 bits per heavy atom. The van der Waals surface area contributed by atoms with E-state index in [1.807, 2.05) is 12.1 Å². The van der Waals surface area contributed by atoms with E-state index in [4.69, 9.17) is 26.1 Å². The van der Waals surface area contributed by atoms with Crippen LogP contribution in [0.1, 0.15) is 44.4 Å². The minimum Gasteiger partial charge on any atom is -0.347 e. The molecule has 27 heavy (non-hydrogen) atoms. The number of nitrogens with zero attached hydrogens (tertiary/aromatic N) is 3. The third-order valence-electron chi connectivity index (χ3n) is 7.03. The fraction of sp³-hybridized carbons (Fsp3) is 0.571. The summed E-state index contributed by atoms with van der Waals surface area (Å²) >= 11 is 6.63. The van der Waals surface area contributed by atoms with Gasteiger partial charge in [0, 0.05) is 41.3 Å². The standard InChI is InChI=1S/C21H24ClN3O2/c1-13-16-4-3-15-17(20(16,2)7-8-21(13)26-11-12-27-21)24-19(25-18(15)22)14-5-9-23-10-6-14/h5-6,9-10,13,16H,3-4,7-8,11-12H2,1-2H3/t13-,16-,20-/m1/s1. The molecule has 1 saturated heterocycles. The van der Waals surface area contributed by atoms with Crippen LogP contribution in [-0.2, 0) is 21.3 Å². The fourth-order valence-corrected chi connectivity index (χ4v) is 5.79. The molecule has 3 heterocycles. The Balaban J connectivity index is 1.60. The first kappa shape index (κ1) is 17.5. The van der Waals surface area contributed by atoms with Crippen LogP contribution in [0.2, 0.25) is 5.15 Å². The highest BCUT2D eigenvalue weighted by Crippen LogP contribution is 2.57. The highest BCUT2D eigenvalue weighted by atomic mass is 35.5. The number of hydrogen-bond donors (Lipinski definition) is 0. The molecule has 3 atom stereocenters. The zero-order valence-corrected chi connectivity index (χ0v) is 16.5. The highest BCUT2D eigenvalue weighted by molar-refractivity contribution is 6.30. The number of halogens is 1. The van der Waals surface area contributed by atoms with Crippen LogP contribution in [0.15, 0.2) is 24.5 Å². The molecule has 5 rings (SSSR count). The molecule has 5 nitrogen and oxygen atoms in total. The van der Waals surface area contributed by atoms with E-state index in [0.29, 0.717) is 36.0 Å². The summed E-state index contributed by atoms with van der Waals surface area (Å²) in [6.45, 7) is 6.02. The van der Waals surface area contributed by atoms with E-state index in [0.717, 1.165) is 42.5 Å². The predicted octanol–water partition coefficient (Wildman–Crippen LogP) is 4.19. The topological polar surface area (TPSA) is 57.1 Å². The molecule has 0 N–H and O–H groups in total. The van der Waals surface area contributed by atoms with Gasteiger partial charge in [0.25, 0.3) is 0 Å². The summed E-state index contributed by atoms with van der Waals surface area (Å²) in [4.78, 5) is 13.7. The van der Waals surface area contributed by atoms with Crippen LogP contribution in [0.5, 0.6) is 0 Å². The minimum absolute atomic E-state index is 0.0398. The van der Waals surface area contributed by atoms with E-state index in [1.165, 1.54) is 0 Å². The molecule has 2 aliphatic carbocycles. The number of pyridine rings is 1. The largest absolute Gasteiger partial charge is 0.347 e. The predicted molar refractivity (Wildman–Crippen MR) is 102 cm³/mol. The van der Waals surface area contributed by atoms with Crippen LogP contribution in [-0.4, -0.2) is 34.0 Å². The summed E-state index contributed by atoms with van der Waals surface area (Å²) in [5.74, 6) is 1.05. The molecule has 6 heteroatoms. The van der Waals surface area contributed by atoms with Gasteiger partial charge >= 0.3 is 0 Å². The minimum atomic E-state index is -0.410. The van der Waals surface area contributed by atoms with Crippen LogP contribution in [0, 0.1) is 11.8 Å². The third-order valence-corrected chi connectivity index (χ3v) is 7.34. The summed E-state index contributed by atoms with van der Waals surface area (Å²) < 4.78 is 12.2. The van der Waals surface area contributed by atoms with Gasteiger partial charge in [-0.25, -0.2) is 9.97 Å². The summed E-state index contributed by atoms with van der Waals surface area (Å²) in [5, 5.41) is 0.591. The maximum Gasteiger partial charge on any atom is 0.171 e. The van der Waals surface area contributed by atoms with Gasteiger partial charge in [-0.15, -0.1) is 0 Å². The van der Waals surface area contributed by atoms with Crippen molar-refractivity contribution in [1.82, 2.24) is 15.0 Å². The Hall–Kier alpha value is -1.56. The molecular formula is C21H24ClN3O2. The number of rotatable bonds is 1. The van der Waals surface area contributed by atoms with E-state index in [2.05, 4.69) is 23.8 Å². The fourth-order valence-electron chi connectivity index (χ4n) is 5.53. The molecule has 3 aliphatic rings. The molecular weight excluding hydrogens is 362 g/mol. The Morgan fingerprint density at radius 3 is 2.59 bits per heavy atom. The molecule has 142 valence electrons. The average Bonchev–Trinajstić information content (AvgIpc) is 3.16. The van der Waals surface area contributed by atoms with E-state index in [1.54, 1.807) is 12.4 Å². The van der Waals surface area contributed by atoms with Gasteiger partial charge in [-0.2, -0.15) is 0 Å². The van der Waals surface area contributed by atoms with Gasteiger partial charge in [-0.1, -0.05) is 25.4 Å². The monoisotopic (exact) mass is 385 g/mol. The second kappa shape index (κ2) is 6.23. The summed E-state index contributed by atoms with van der Waals surface area (Å²) in [6.07, 6.45) is 7.38. The van der Waals surface area contributed by atoms with E-state index >= 15 is 0 Å². The summed E-state index contributed by atoms with van der Waals surface area (Å²) in [5.41, 5.74) is 3.14. The molecule has 1 spiro atoms. The lowest BCUT2D eigenvalue weighted by atomic mass is 9.55. The van der Waals surface area contributed by atoms with Crippen molar-refractivity contribution < 1.29 is 9.47 Å². The van der Waals surface area contributed by atoms with Crippen molar-refractivity contribution >= 4 is 11.6 Å². The van der Waals surface area contributed by atoms with E-state index in [-0.39, 0.29) is 5.41 Å². The smallest absolute Gasteiger partial charge is 0.171 e. The lowest BCUT2D eigenvalue weighted by molar-refractivity contribution is -0.234. The number of hydrogen-bond acceptors (Lipinski definition) is 5. The van der Waals surface area contributed by atoms with Gasteiger partial charge in [-0.3, -0.25) is 4.98 Å². The Kier molecular flexibility index (Phi) is 4.04. The zero-order chi connectivity index (χ0) is 18.6. The van der Waals surface area contributed by atoms with Crippen molar-refractivity contribution in [3.8, 4) is 11.4 Å². The Labute approximate surface area is 164 Å². The molecule has 0 radical (unpaired) electrons. The molecule has 2 fully saturated rings. The van der Waals surface area contributed by atoms with Crippen LogP contribution >= 0.6 is 11.6 Å². The second-order valence-electron chi connectivity index (χ2n) is 8.26. The van der Waals surface area contributed by atoms with Crippen LogP contribution in [0.25, 0.3) is 11.4 Å². The van der Waals surface area contributed by atoms with Gasteiger partial charge < -0.3 is 9.47 Å². The number of fused-ring (bicyclic) bond motifs is 3. The lowest BCUT2D eigenvalue weighted by Gasteiger charge is -2.54. The Morgan fingerprint density at radius 2 is 1.85 bits per heavy atom. The van der Waals surface area contributed by atoms with Crippen molar-refractivity contribution in [2.75, 3.05) is 13.2 Å². The SMILES string of the molecule is C[C@@H]1[C@H]2CCc3c(Cl)nc(-c4ccncc4)nc3[C@]2(C)CCC12OCCO2. The van der Waals surface area contributed by atoms with Gasteiger partial charge in [0.1, 0.15) is 5.15 Å². The highest BCUT2D eigenvalue weighted by Gasteiger charge is 2.57. The Bertz CT molecular complexity index is 869. The van der Waals surface area contributed by atoms with Crippen molar-refractivity contribution in [2.45, 2.75) is 50.7 Å². The quantitative estimate of drug-likeness (QED) is 0.689. The lowest BCUT2D eigenvalue weighted by Crippen LogP contribution is -2.55. The van der Waals surface area contributed by atoms with Crippen molar-refractivity contribution in [3.63, 3.8) is 0 Å². The molecule has 1 saturated carbocycles. The van der Waals surface area contributed by atoms with Gasteiger partial charge in [0.05, 0.1) is 18.9 Å². The molecule has 1 aliphatic heterocycles.